The zero-order chi connectivity index (χ0) is 14.9. The van der Waals surface area contributed by atoms with Gasteiger partial charge in [0.2, 0.25) is 0 Å². The SMILES string of the molecule is C1CCC2CCCC2C1.C1CCC2CCCC2C1.[Cl][Ti][Cl]. The van der Waals surface area contributed by atoms with Crippen LogP contribution in [0.1, 0.15) is 89.9 Å². The van der Waals surface area contributed by atoms with Crippen LogP contribution in [0.4, 0.5) is 0 Å². The molecule has 4 unspecified atom stereocenters. The van der Waals surface area contributed by atoms with E-state index in [1.807, 2.05) is 0 Å². The Balaban J connectivity index is 0.000000130. The van der Waals surface area contributed by atoms with Gasteiger partial charge in [0, 0.05) is 0 Å². The number of hydrogen-bond acceptors (Lipinski definition) is 0. The molecule has 0 aromatic carbocycles. The monoisotopic (exact) mass is 366 g/mol. The number of halogens is 2. The second kappa shape index (κ2) is 11.0. The molecule has 4 fully saturated rings. The van der Waals surface area contributed by atoms with Crippen LogP contribution in [0.25, 0.3) is 0 Å². The Morgan fingerprint density at radius 2 is 0.619 bits per heavy atom. The molecule has 4 aliphatic rings. The molecule has 0 N–H and O–H groups in total. The third-order valence-corrected chi connectivity index (χ3v) is 6.43. The van der Waals surface area contributed by atoms with E-state index in [4.69, 9.17) is 18.6 Å². The van der Waals surface area contributed by atoms with Crippen molar-refractivity contribution in [3.05, 3.63) is 0 Å². The first-order valence-electron chi connectivity index (χ1n) is 9.31. The summed E-state index contributed by atoms with van der Waals surface area (Å²) in [6.45, 7) is 0. The molecule has 0 saturated heterocycles. The standard InChI is InChI=1S/2C9H16.2ClH.Ti/c2*1-2-5-9-7-3-6-8(9)4-1;;;/h2*8-9H,1-7H2;2*1H;/q;;;;+2/p-2. The van der Waals surface area contributed by atoms with Gasteiger partial charge in [0.1, 0.15) is 0 Å². The molecule has 0 aromatic heterocycles. The molecule has 0 nitrogen and oxygen atoms in total. The predicted octanol–water partition coefficient (Wildman–Crippen LogP) is 7.33. The first-order chi connectivity index (χ1) is 10.3. The molecular weight excluding hydrogens is 335 g/mol. The Kier molecular flexibility index (Phi) is 9.72. The van der Waals surface area contributed by atoms with Gasteiger partial charge in [0.25, 0.3) is 0 Å². The normalized spacial score (nSPS) is 37.2. The second-order valence-electron chi connectivity index (χ2n) is 7.54. The van der Waals surface area contributed by atoms with E-state index in [0.717, 1.165) is 0 Å². The molecule has 0 bridgehead atoms. The van der Waals surface area contributed by atoms with Crippen molar-refractivity contribution in [2.24, 2.45) is 23.7 Å². The molecule has 0 aliphatic heterocycles. The maximum absolute atomic E-state index is 4.89. The van der Waals surface area contributed by atoms with Gasteiger partial charge in [0.05, 0.1) is 0 Å². The van der Waals surface area contributed by atoms with E-state index in [1.165, 1.54) is 62.2 Å². The van der Waals surface area contributed by atoms with Crippen LogP contribution in [-0.2, 0) is 17.0 Å². The van der Waals surface area contributed by atoms with E-state index in [-0.39, 0.29) is 0 Å². The molecule has 3 heteroatoms. The summed E-state index contributed by atoms with van der Waals surface area (Å²) in [5.74, 6) is 4.66. The van der Waals surface area contributed by atoms with Crippen LogP contribution in [0.5, 0.6) is 0 Å². The Hall–Kier alpha value is 1.29. The van der Waals surface area contributed by atoms with Gasteiger partial charge in [-0.3, -0.25) is 0 Å². The molecule has 21 heavy (non-hydrogen) atoms. The molecule has 0 aromatic rings. The van der Waals surface area contributed by atoms with Crippen LogP contribution in [-0.4, -0.2) is 0 Å². The zero-order valence-electron chi connectivity index (χ0n) is 13.5. The van der Waals surface area contributed by atoms with Gasteiger partial charge in [-0.2, -0.15) is 0 Å². The summed E-state index contributed by atoms with van der Waals surface area (Å²) in [6, 6.07) is 0. The zero-order valence-corrected chi connectivity index (χ0v) is 16.5. The van der Waals surface area contributed by atoms with Crippen LogP contribution in [0, 0.1) is 23.7 Å². The van der Waals surface area contributed by atoms with Gasteiger partial charge in [-0.15, -0.1) is 0 Å². The molecular formula is C18H32Cl2Ti. The van der Waals surface area contributed by atoms with Crippen LogP contribution >= 0.6 is 18.6 Å². The molecule has 122 valence electrons. The predicted molar refractivity (Wildman–Crippen MR) is 90.3 cm³/mol. The third kappa shape index (κ3) is 6.36. The van der Waals surface area contributed by atoms with Gasteiger partial charge in [-0.25, -0.2) is 0 Å². The average molecular weight is 367 g/mol. The van der Waals surface area contributed by atoms with Crippen molar-refractivity contribution < 1.29 is 17.0 Å². The first-order valence-corrected chi connectivity index (χ1v) is 13.6. The second-order valence-corrected chi connectivity index (χ2v) is 10.1. The van der Waals surface area contributed by atoms with Crippen molar-refractivity contribution in [1.82, 2.24) is 0 Å². The van der Waals surface area contributed by atoms with E-state index in [0.29, 0.717) is 0 Å². The van der Waals surface area contributed by atoms with Gasteiger partial charge >= 0.3 is 35.6 Å². The molecule has 0 amide bonds. The van der Waals surface area contributed by atoms with Gasteiger partial charge in [-0.05, 0) is 23.7 Å². The minimum absolute atomic E-state index is 0.556. The molecule has 4 saturated carbocycles. The fraction of sp³-hybridized carbons (Fsp3) is 1.00. The Morgan fingerprint density at radius 3 is 0.857 bits per heavy atom. The van der Waals surface area contributed by atoms with Crippen molar-refractivity contribution >= 4 is 18.6 Å². The van der Waals surface area contributed by atoms with E-state index in [1.54, 1.807) is 51.4 Å². The topological polar surface area (TPSA) is 0 Å². The fourth-order valence-electron chi connectivity index (χ4n) is 5.37. The maximum atomic E-state index is 4.89. The van der Waals surface area contributed by atoms with Crippen molar-refractivity contribution in [2.75, 3.05) is 0 Å². The first kappa shape index (κ1) is 18.6. The van der Waals surface area contributed by atoms with Gasteiger partial charge < -0.3 is 0 Å². The van der Waals surface area contributed by atoms with Gasteiger partial charge in [-0.1, -0.05) is 89.9 Å². The average Bonchev–Trinajstić information content (AvgIpc) is 3.17. The van der Waals surface area contributed by atoms with Crippen LogP contribution in [0.15, 0.2) is 0 Å². The molecule has 0 heterocycles. The minimum atomic E-state index is -0.556. The van der Waals surface area contributed by atoms with Crippen LogP contribution < -0.4 is 0 Å². The van der Waals surface area contributed by atoms with E-state index in [2.05, 4.69) is 0 Å². The number of rotatable bonds is 0. The van der Waals surface area contributed by atoms with E-state index < -0.39 is 17.0 Å². The molecule has 4 aliphatic carbocycles. The quantitative estimate of drug-likeness (QED) is 0.393. The molecule has 0 radical (unpaired) electrons. The van der Waals surface area contributed by atoms with Crippen molar-refractivity contribution in [3.8, 4) is 0 Å². The van der Waals surface area contributed by atoms with E-state index >= 15 is 0 Å². The van der Waals surface area contributed by atoms with Crippen LogP contribution in [0.2, 0.25) is 0 Å². The summed E-state index contributed by atoms with van der Waals surface area (Å²) in [4.78, 5) is 0. The number of fused-ring (bicyclic) bond motifs is 2. The summed E-state index contributed by atoms with van der Waals surface area (Å²) in [5.41, 5.74) is 0. The van der Waals surface area contributed by atoms with Crippen molar-refractivity contribution in [2.45, 2.75) is 89.9 Å². The molecule has 4 atom stereocenters. The van der Waals surface area contributed by atoms with E-state index in [9.17, 15) is 0 Å². The summed E-state index contributed by atoms with van der Waals surface area (Å²) < 4.78 is 0. The fourth-order valence-corrected chi connectivity index (χ4v) is 5.37. The molecule has 4 rings (SSSR count). The third-order valence-electron chi connectivity index (χ3n) is 6.43. The summed E-state index contributed by atoms with van der Waals surface area (Å²) >= 11 is -0.556. The molecule has 0 spiro atoms. The van der Waals surface area contributed by atoms with Crippen molar-refractivity contribution in [1.29, 1.82) is 0 Å². The van der Waals surface area contributed by atoms with Crippen LogP contribution in [0.3, 0.4) is 0 Å². The Labute approximate surface area is 148 Å². The van der Waals surface area contributed by atoms with Crippen molar-refractivity contribution in [3.63, 3.8) is 0 Å². The van der Waals surface area contributed by atoms with Gasteiger partial charge in [0.15, 0.2) is 0 Å². The Bertz CT molecular complexity index is 222. The number of hydrogen-bond donors (Lipinski definition) is 0. The summed E-state index contributed by atoms with van der Waals surface area (Å²) in [5, 5.41) is 0. The summed E-state index contributed by atoms with van der Waals surface area (Å²) in [7, 11) is 9.78. The Morgan fingerprint density at radius 1 is 0.429 bits per heavy atom. The summed E-state index contributed by atoms with van der Waals surface area (Å²) in [6.07, 6.45) is 21.7.